The van der Waals surface area contributed by atoms with Gasteiger partial charge < -0.3 is 4.57 Å². The minimum absolute atomic E-state index is 0.269. The van der Waals surface area contributed by atoms with Crippen molar-refractivity contribution in [3.05, 3.63) is 36.0 Å². The zero-order valence-corrected chi connectivity index (χ0v) is 11.7. The normalized spacial score (nSPS) is 12.0. The molecule has 2 rings (SSSR count). The zero-order valence-electron chi connectivity index (χ0n) is 11.7. The van der Waals surface area contributed by atoms with Crippen molar-refractivity contribution < 1.29 is 4.79 Å². The number of ketones is 1. The maximum Gasteiger partial charge on any atom is 0.157 e. The van der Waals surface area contributed by atoms with Gasteiger partial charge in [-0.1, -0.05) is 45.9 Å². The van der Waals surface area contributed by atoms with E-state index in [0.29, 0.717) is 6.54 Å². The third-order valence-corrected chi connectivity index (χ3v) is 3.40. The summed E-state index contributed by atoms with van der Waals surface area (Å²) >= 11 is 0. The Morgan fingerprint density at radius 2 is 1.94 bits per heavy atom. The smallest absolute Gasteiger partial charge is 0.157 e. The molecular weight excluding hydrogens is 222 g/mol. The quantitative estimate of drug-likeness (QED) is 0.803. The fourth-order valence-electron chi connectivity index (χ4n) is 2.15. The molecule has 0 aliphatic heterocycles. The molecule has 0 unspecified atom stereocenters. The number of carbonyl (C=O) groups is 1. The first-order valence-electron chi connectivity index (χ1n) is 6.53. The highest BCUT2D eigenvalue weighted by Crippen LogP contribution is 2.23. The molecule has 0 N–H and O–H groups in total. The van der Waals surface area contributed by atoms with Gasteiger partial charge in [-0.2, -0.15) is 0 Å². The maximum atomic E-state index is 12.2. The minimum atomic E-state index is -0.280. The van der Waals surface area contributed by atoms with E-state index in [1.807, 2.05) is 27.0 Å². The number of rotatable bonds is 3. The van der Waals surface area contributed by atoms with E-state index in [-0.39, 0.29) is 11.2 Å². The lowest BCUT2D eigenvalue weighted by atomic mass is 9.91. The van der Waals surface area contributed by atoms with E-state index < -0.39 is 0 Å². The summed E-state index contributed by atoms with van der Waals surface area (Å²) in [5, 5.41) is 1.22. The van der Waals surface area contributed by atoms with Crippen molar-refractivity contribution in [3.63, 3.8) is 0 Å². The van der Waals surface area contributed by atoms with Gasteiger partial charge in [0.2, 0.25) is 0 Å². The summed E-state index contributed by atoms with van der Waals surface area (Å²) in [6.45, 7) is 8.53. The molecule has 0 bridgehead atoms. The van der Waals surface area contributed by atoms with Gasteiger partial charge in [-0.25, -0.2) is 0 Å². The van der Waals surface area contributed by atoms with Crippen LogP contribution in [0.1, 0.15) is 33.3 Å². The molecular formula is C16H21NO. The second-order valence-electron chi connectivity index (χ2n) is 5.83. The second-order valence-corrected chi connectivity index (χ2v) is 5.83. The minimum Gasteiger partial charge on any atom is -0.340 e. The molecule has 1 aromatic heterocycles. The molecule has 0 saturated heterocycles. The summed E-state index contributed by atoms with van der Waals surface area (Å²) in [6, 6.07) is 8.41. The van der Waals surface area contributed by atoms with Crippen LogP contribution in [0, 0.1) is 5.41 Å². The highest BCUT2D eigenvalue weighted by molar-refractivity contribution is 5.88. The molecule has 0 aliphatic rings. The molecule has 0 radical (unpaired) electrons. The molecule has 96 valence electrons. The Kier molecular flexibility index (Phi) is 3.29. The molecule has 0 fully saturated rings. The monoisotopic (exact) mass is 243 g/mol. The molecule has 1 heterocycles. The number of nitrogens with zero attached hydrogens (tertiary/aromatic N) is 1. The van der Waals surface area contributed by atoms with Gasteiger partial charge in [-0.05, 0) is 23.4 Å². The molecule has 0 aliphatic carbocycles. The highest BCUT2D eigenvalue weighted by atomic mass is 16.1. The van der Waals surface area contributed by atoms with Gasteiger partial charge >= 0.3 is 0 Å². The molecule has 18 heavy (non-hydrogen) atoms. The van der Waals surface area contributed by atoms with E-state index in [1.165, 1.54) is 16.5 Å². The number of carbonyl (C=O) groups excluding carboxylic acids is 1. The summed E-state index contributed by atoms with van der Waals surface area (Å²) < 4.78 is 2.09. The number of hydrogen-bond acceptors (Lipinski definition) is 1. The van der Waals surface area contributed by atoms with Crippen molar-refractivity contribution in [1.29, 1.82) is 0 Å². The average molecular weight is 243 g/mol. The van der Waals surface area contributed by atoms with Gasteiger partial charge in [0.15, 0.2) is 5.78 Å². The molecule has 0 saturated carbocycles. The van der Waals surface area contributed by atoms with E-state index in [4.69, 9.17) is 0 Å². The first-order valence-corrected chi connectivity index (χ1v) is 6.53. The number of Topliss-reactive ketones (excluding diaryl/α,β-unsaturated/α-hetero) is 1. The first-order chi connectivity index (χ1) is 8.43. The third kappa shape index (κ3) is 2.33. The summed E-state index contributed by atoms with van der Waals surface area (Å²) in [6.07, 6.45) is 3.01. The fourth-order valence-corrected chi connectivity index (χ4v) is 2.15. The summed E-state index contributed by atoms with van der Waals surface area (Å²) in [4.78, 5) is 12.2. The predicted molar refractivity (Wildman–Crippen MR) is 75.8 cm³/mol. The Hall–Kier alpha value is -1.57. The molecule has 1 aromatic carbocycles. The van der Waals surface area contributed by atoms with Gasteiger partial charge in [0.05, 0.1) is 12.1 Å². The van der Waals surface area contributed by atoms with Crippen LogP contribution in [-0.4, -0.2) is 10.4 Å². The number of aromatic nitrogens is 1. The van der Waals surface area contributed by atoms with Crippen LogP contribution in [0.2, 0.25) is 0 Å². The molecule has 0 spiro atoms. The Morgan fingerprint density at radius 1 is 1.22 bits per heavy atom. The van der Waals surface area contributed by atoms with Gasteiger partial charge in [-0.3, -0.25) is 4.79 Å². The number of fused-ring (bicyclic) bond motifs is 1. The van der Waals surface area contributed by atoms with E-state index in [9.17, 15) is 4.79 Å². The Balaban J connectivity index is 2.43. The third-order valence-electron chi connectivity index (χ3n) is 3.40. The van der Waals surface area contributed by atoms with E-state index in [0.717, 1.165) is 6.42 Å². The fraction of sp³-hybridized carbons (Fsp3) is 0.438. The molecule has 2 nitrogen and oxygen atoms in total. The lowest BCUT2D eigenvalue weighted by Gasteiger charge is -2.18. The topological polar surface area (TPSA) is 22.0 Å². The summed E-state index contributed by atoms with van der Waals surface area (Å²) in [5.41, 5.74) is 2.23. The lowest BCUT2D eigenvalue weighted by molar-refractivity contribution is -0.126. The molecule has 2 aromatic rings. The van der Waals surface area contributed by atoms with Crippen molar-refractivity contribution in [1.82, 2.24) is 4.57 Å². The average Bonchev–Trinajstić information content (AvgIpc) is 2.71. The van der Waals surface area contributed by atoms with Crippen LogP contribution < -0.4 is 0 Å². The molecule has 2 heteroatoms. The Labute approximate surface area is 109 Å². The lowest BCUT2D eigenvalue weighted by Crippen LogP contribution is -2.24. The number of para-hydroxylation sites is 1. The van der Waals surface area contributed by atoms with Crippen LogP contribution in [0.5, 0.6) is 0 Å². The molecule has 0 amide bonds. The second kappa shape index (κ2) is 4.60. The van der Waals surface area contributed by atoms with Crippen LogP contribution in [0.15, 0.2) is 30.5 Å². The van der Waals surface area contributed by atoms with Crippen molar-refractivity contribution >= 4 is 16.7 Å². The van der Waals surface area contributed by atoms with Crippen molar-refractivity contribution in [2.24, 2.45) is 5.41 Å². The van der Waals surface area contributed by atoms with Crippen LogP contribution in [-0.2, 0) is 17.8 Å². The van der Waals surface area contributed by atoms with E-state index >= 15 is 0 Å². The largest absolute Gasteiger partial charge is 0.340 e. The molecule has 0 atom stereocenters. The number of benzene rings is 1. The maximum absolute atomic E-state index is 12.2. The standard InChI is InChI=1S/C16H21NO/c1-5-12-7-6-8-13-9-10-17(15(12)13)11-14(18)16(2,3)4/h6-10H,5,11H2,1-4H3. The number of aryl methyl sites for hydroxylation is 1. The summed E-state index contributed by atoms with van der Waals surface area (Å²) in [5.74, 6) is 0.269. The van der Waals surface area contributed by atoms with Crippen molar-refractivity contribution in [2.75, 3.05) is 0 Å². The van der Waals surface area contributed by atoms with Crippen LogP contribution in [0.4, 0.5) is 0 Å². The Morgan fingerprint density at radius 3 is 2.56 bits per heavy atom. The Bertz CT molecular complexity index is 572. The van der Waals surface area contributed by atoms with E-state index in [2.05, 4.69) is 35.8 Å². The van der Waals surface area contributed by atoms with Gasteiger partial charge in [0.25, 0.3) is 0 Å². The van der Waals surface area contributed by atoms with Crippen molar-refractivity contribution in [2.45, 2.75) is 40.7 Å². The van der Waals surface area contributed by atoms with Crippen molar-refractivity contribution in [3.8, 4) is 0 Å². The first kappa shape index (κ1) is 12.9. The van der Waals surface area contributed by atoms with Gasteiger partial charge in [0.1, 0.15) is 0 Å². The number of hydrogen-bond donors (Lipinski definition) is 0. The SMILES string of the molecule is CCc1cccc2ccn(CC(=O)C(C)(C)C)c12. The summed E-state index contributed by atoms with van der Waals surface area (Å²) in [7, 11) is 0. The highest BCUT2D eigenvalue weighted by Gasteiger charge is 2.21. The van der Waals surface area contributed by atoms with E-state index in [1.54, 1.807) is 0 Å². The van der Waals surface area contributed by atoms with Crippen LogP contribution in [0.3, 0.4) is 0 Å². The van der Waals surface area contributed by atoms with Crippen LogP contribution in [0.25, 0.3) is 10.9 Å². The van der Waals surface area contributed by atoms with Gasteiger partial charge in [0, 0.05) is 11.6 Å². The predicted octanol–water partition coefficient (Wildman–Crippen LogP) is 3.82. The van der Waals surface area contributed by atoms with Crippen LogP contribution >= 0.6 is 0 Å². The van der Waals surface area contributed by atoms with Gasteiger partial charge in [-0.15, -0.1) is 0 Å². The zero-order chi connectivity index (χ0) is 13.3.